The molecule has 0 N–H and O–H groups in total. The molecule has 0 aliphatic carbocycles. The lowest BCUT2D eigenvalue weighted by molar-refractivity contribution is -0.123. The molecule has 2 aromatic heterocycles. The van der Waals surface area contributed by atoms with Gasteiger partial charge < -0.3 is 4.74 Å². The van der Waals surface area contributed by atoms with Crippen molar-refractivity contribution in [2.45, 2.75) is 33.2 Å². The number of rotatable bonds is 5. The highest BCUT2D eigenvalue weighted by Gasteiger charge is 2.35. The van der Waals surface area contributed by atoms with Crippen LogP contribution in [0, 0.1) is 12.7 Å². The van der Waals surface area contributed by atoms with E-state index >= 15 is 0 Å². The minimum atomic E-state index is -0.590. The highest BCUT2D eigenvalue weighted by molar-refractivity contribution is 8.26. The first kappa shape index (κ1) is 22.2. The average molecular weight is 470 g/mol. The standard InChI is InChI=1S/C23H20FN3O3S2/c1-4-14(3)27-22(29)18(32-23(27)31)12-15-20(30-17-10-6-5-9-16(17)24)25-19-13(2)8-7-11-26(19)21(15)28/h5-12,14H,4H2,1-3H3/b18-12-. The van der Waals surface area contributed by atoms with Crippen molar-refractivity contribution in [3.8, 4) is 11.6 Å². The molecule has 0 saturated carbocycles. The van der Waals surface area contributed by atoms with Crippen LogP contribution in [0.1, 0.15) is 31.4 Å². The van der Waals surface area contributed by atoms with Crippen LogP contribution in [0.3, 0.4) is 0 Å². The predicted molar refractivity (Wildman–Crippen MR) is 127 cm³/mol. The third kappa shape index (κ3) is 3.93. The predicted octanol–water partition coefficient (Wildman–Crippen LogP) is 4.93. The number of aryl methyl sites for hydroxylation is 1. The largest absolute Gasteiger partial charge is 0.435 e. The summed E-state index contributed by atoms with van der Waals surface area (Å²) in [4.78, 5) is 32.7. The quantitative estimate of drug-likeness (QED) is 0.390. The summed E-state index contributed by atoms with van der Waals surface area (Å²) in [6.07, 6.45) is 3.76. The lowest BCUT2D eigenvalue weighted by atomic mass is 10.2. The van der Waals surface area contributed by atoms with Crippen molar-refractivity contribution in [2.75, 3.05) is 0 Å². The Morgan fingerprint density at radius 1 is 1.25 bits per heavy atom. The maximum Gasteiger partial charge on any atom is 0.269 e. The van der Waals surface area contributed by atoms with E-state index in [1.807, 2.05) is 26.8 Å². The maximum atomic E-state index is 14.3. The number of pyridine rings is 1. The summed E-state index contributed by atoms with van der Waals surface area (Å²) in [5.74, 6) is -1.02. The number of benzene rings is 1. The molecule has 6 nitrogen and oxygen atoms in total. The van der Waals surface area contributed by atoms with Gasteiger partial charge in [0.2, 0.25) is 5.88 Å². The number of ether oxygens (including phenoxy) is 1. The van der Waals surface area contributed by atoms with Gasteiger partial charge >= 0.3 is 0 Å². The Morgan fingerprint density at radius 3 is 2.72 bits per heavy atom. The highest BCUT2D eigenvalue weighted by Crippen LogP contribution is 2.36. The van der Waals surface area contributed by atoms with Gasteiger partial charge in [0.25, 0.3) is 11.5 Å². The van der Waals surface area contributed by atoms with Crippen LogP contribution < -0.4 is 10.3 Å². The van der Waals surface area contributed by atoms with Crippen molar-refractivity contribution < 1.29 is 13.9 Å². The molecule has 0 bridgehead atoms. The van der Waals surface area contributed by atoms with Gasteiger partial charge in [-0.25, -0.2) is 4.39 Å². The fraction of sp³-hybridized carbons (Fsp3) is 0.217. The second kappa shape index (κ2) is 8.84. The van der Waals surface area contributed by atoms with Crippen LogP contribution in [0.4, 0.5) is 4.39 Å². The number of hydrogen-bond acceptors (Lipinski definition) is 6. The molecule has 1 unspecified atom stereocenters. The molecule has 3 heterocycles. The summed E-state index contributed by atoms with van der Waals surface area (Å²) in [6.45, 7) is 5.69. The lowest BCUT2D eigenvalue weighted by Crippen LogP contribution is -2.36. The minimum absolute atomic E-state index is 0.0426. The van der Waals surface area contributed by atoms with Crippen LogP contribution in [-0.2, 0) is 4.79 Å². The second-order valence-corrected chi connectivity index (χ2v) is 9.04. The number of fused-ring (bicyclic) bond motifs is 1. The van der Waals surface area contributed by atoms with Crippen molar-refractivity contribution >= 4 is 45.9 Å². The van der Waals surface area contributed by atoms with Gasteiger partial charge in [-0.2, -0.15) is 4.98 Å². The first-order valence-corrected chi connectivity index (χ1v) is 11.3. The summed E-state index contributed by atoms with van der Waals surface area (Å²) in [6, 6.07) is 9.33. The van der Waals surface area contributed by atoms with Gasteiger partial charge in [0, 0.05) is 12.2 Å². The minimum Gasteiger partial charge on any atom is -0.435 e. The zero-order valence-electron chi connectivity index (χ0n) is 17.7. The number of nitrogens with zero attached hydrogens (tertiary/aromatic N) is 3. The Morgan fingerprint density at radius 2 is 2.00 bits per heavy atom. The number of para-hydroxylation sites is 1. The molecule has 1 aliphatic rings. The van der Waals surface area contributed by atoms with Crippen molar-refractivity contribution in [1.29, 1.82) is 0 Å². The maximum absolute atomic E-state index is 14.3. The Labute approximate surface area is 193 Å². The normalized spacial score (nSPS) is 16.2. The Kier molecular flexibility index (Phi) is 6.12. The van der Waals surface area contributed by atoms with E-state index in [2.05, 4.69) is 4.98 Å². The molecule has 0 spiro atoms. The number of thioether (sulfide) groups is 1. The van der Waals surface area contributed by atoms with Gasteiger partial charge in [-0.3, -0.25) is 18.9 Å². The van der Waals surface area contributed by atoms with Crippen LogP contribution in [-0.4, -0.2) is 30.6 Å². The highest BCUT2D eigenvalue weighted by atomic mass is 32.2. The molecule has 1 atom stereocenters. The van der Waals surface area contributed by atoms with Crippen molar-refractivity contribution in [3.05, 3.63) is 74.8 Å². The van der Waals surface area contributed by atoms with Crippen molar-refractivity contribution in [1.82, 2.24) is 14.3 Å². The van der Waals surface area contributed by atoms with Crippen LogP contribution in [0.15, 0.2) is 52.3 Å². The number of carbonyl (C=O) groups is 1. The van der Waals surface area contributed by atoms with E-state index in [9.17, 15) is 14.0 Å². The van der Waals surface area contributed by atoms with Crippen molar-refractivity contribution in [2.24, 2.45) is 0 Å². The monoisotopic (exact) mass is 469 g/mol. The number of hydrogen-bond donors (Lipinski definition) is 0. The van der Waals surface area contributed by atoms with Crippen molar-refractivity contribution in [3.63, 3.8) is 0 Å². The molecular formula is C23H20FN3O3S2. The summed E-state index contributed by atoms with van der Waals surface area (Å²) in [5, 5.41) is 0. The topological polar surface area (TPSA) is 63.9 Å². The van der Waals surface area contributed by atoms with Crippen LogP contribution in [0.25, 0.3) is 11.7 Å². The molecule has 3 aromatic rings. The zero-order valence-corrected chi connectivity index (χ0v) is 19.3. The number of carbonyl (C=O) groups excluding carboxylic acids is 1. The summed E-state index contributed by atoms with van der Waals surface area (Å²) in [7, 11) is 0. The van der Waals surface area contributed by atoms with E-state index in [4.69, 9.17) is 17.0 Å². The third-order valence-electron chi connectivity index (χ3n) is 5.22. The van der Waals surface area contributed by atoms with Gasteiger partial charge in [0.1, 0.15) is 15.5 Å². The van der Waals surface area contributed by atoms with Gasteiger partial charge in [-0.1, -0.05) is 49.1 Å². The second-order valence-electron chi connectivity index (χ2n) is 7.36. The lowest BCUT2D eigenvalue weighted by Gasteiger charge is -2.21. The van der Waals surface area contributed by atoms with E-state index in [0.29, 0.717) is 14.9 Å². The molecule has 1 aromatic carbocycles. The average Bonchev–Trinajstić information content (AvgIpc) is 3.05. The molecule has 4 rings (SSSR count). The Balaban J connectivity index is 1.90. The molecule has 1 aliphatic heterocycles. The third-order valence-corrected chi connectivity index (χ3v) is 6.55. The molecule has 164 valence electrons. The molecule has 1 saturated heterocycles. The van der Waals surface area contributed by atoms with Crippen LogP contribution in [0.2, 0.25) is 0 Å². The van der Waals surface area contributed by atoms with E-state index in [0.717, 1.165) is 23.7 Å². The first-order chi connectivity index (χ1) is 15.3. The van der Waals surface area contributed by atoms with Crippen LogP contribution in [0.5, 0.6) is 11.6 Å². The van der Waals surface area contributed by atoms with Crippen LogP contribution >= 0.6 is 24.0 Å². The van der Waals surface area contributed by atoms with Gasteiger partial charge in [0.05, 0.1) is 4.91 Å². The zero-order chi connectivity index (χ0) is 23.0. The molecule has 0 radical (unpaired) electrons. The Hall–Kier alpha value is -3.04. The van der Waals surface area contributed by atoms with E-state index in [1.54, 1.807) is 23.2 Å². The first-order valence-electron chi connectivity index (χ1n) is 10.0. The summed E-state index contributed by atoms with van der Waals surface area (Å²) >= 11 is 6.50. The summed E-state index contributed by atoms with van der Waals surface area (Å²) in [5.41, 5.74) is 0.741. The molecular weight excluding hydrogens is 449 g/mol. The number of halogens is 1. The molecule has 1 fully saturated rings. The number of aromatic nitrogens is 2. The SMILES string of the molecule is CCC(C)N1C(=O)/C(=C/c2c(Oc3ccccc3F)nc3c(C)cccn3c2=O)SC1=S. The molecule has 1 amide bonds. The smallest absolute Gasteiger partial charge is 0.269 e. The van der Waals surface area contributed by atoms with Gasteiger partial charge in [0.15, 0.2) is 11.6 Å². The summed E-state index contributed by atoms with van der Waals surface area (Å²) < 4.78 is 21.8. The van der Waals surface area contributed by atoms with Gasteiger partial charge in [-0.05, 0) is 50.1 Å². The molecule has 9 heteroatoms. The van der Waals surface area contributed by atoms with E-state index in [1.165, 1.54) is 28.7 Å². The number of amides is 1. The van der Waals surface area contributed by atoms with E-state index < -0.39 is 11.4 Å². The fourth-order valence-corrected chi connectivity index (χ4v) is 4.74. The van der Waals surface area contributed by atoms with Gasteiger partial charge in [-0.15, -0.1) is 0 Å². The molecule has 32 heavy (non-hydrogen) atoms. The fourth-order valence-electron chi connectivity index (χ4n) is 3.30. The Bertz CT molecular complexity index is 1340. The van der Waals surface area contributed by atoms with E-state index in [-0.39, 0.29) is 29.1 Å². The number of thiocarbonyl (C=S) groups is 1.